The molecule has 3 aromatic rings. The molecule has 1 aliphatic carbocycles. The molecular formula is C20H19N2O3+. The summed E-state index contributed by atoms with van der Waals surface area (Å²) in [5.74, 6) is 0.832. The summed E-state index contributed by atoms with van der Waals surface area (Å²) in [6, 6.07) is 10.0. The van der Waals surface area contributed by atoms with Crippen LogP contribution in [0.4, 0.5) is 0 Å². The van der Waals surface area contributed by atoms with Gasteiger partial charge in [-0.15, -0.1) is 0 Å². The first-order valence-corrected chi connectivity index (χ1v) is 8.76. The number of aromatic nitrogens is 1. The van der Waals surface area contributed by atoms with Crippen LogP contribution in [0.15, 0.2) is 45.7 Å². The van der Waals surface area contributed by atoms with E-state index >= 15 is 0 Å². The molecule has 1 atom stereocenters. The first-order valence-electron chi connectivity index (χ1n) is 8.76. The number of hydrogen-bond acceptors (Lipinski definition) is 4. The number of rotatable bonds is 2. The van der Waals surface area contributed by atoms with Crippen LogP contribution in [0, 0.1) is 0 Å². The highest BCUT2D eigenvalue weighted by atomic mass is 16.5. The van der Waals surface area contributed by atoms with Crippen molar-refractivity contribution >= 4 is 11.0 Å². The Balaban J connectivity index is 1.57. The van der Waals surface area contributed by atoms with Gasteiger partial charge in [0, 0.05) is 17.1 Å². The molecule has 5 nitrogen and oxygen atoms in total. The smallest absolute Gasteiger partial charge is 0.339 e. The van der Waals surface area contributed by atoms with E-state index in [0.717, 1.165) is 60.3 Å². The van der Waals surface area contributed by atoms with Gasteiger partial charge in [-0.25, -0.2) is 4.79 Å². The maximum Gasteiger partial charge on any atom is 0.339 e. The summed E-state index contributed by atoms with van der Waals surface area (Å²) in [7, 11) is 0. The summed E-state index contributed by atoms with van der Waals surface area (Å²) in [4.78, 5) is 18.0. The minimum Gasteiger partial charge on any atom is -0.445 e. The van der Waals surface area contributed by atoms with Gasteiger partial charge >= 0.3 is 5.63 Å². The van der Waals surface area contributed by atoms with Crippen molar-refractivity contribution in [2.24, 2.45) is 0 Å². The fourth-order valence-corrected chi connectivity index (χ4v) is 4.04. The number of pyridine rings is 1. The van der Waals surface area contributed by atoms with E-state index in [4.69, 9.17) is 9.15 Å². The minimum absolute atomic E-state index is 0.176. The largest absolute Gasteiger partial charge is 0.445 e. The number of hydrogen-bond donors (Lipinski definition) is 1. The zero-order valence-electron chi connectivity index (χ0n) is 13.9. The van der Waals surface area contributed by atoms with Gasteiger partial charge in [0.2, 0.25) is 6.73 Å². The third kappa shape index (κ3) is 2.43. The summed E-state index contributed by atoms with van der Waals surface area (Å²) in [5.41, 5.74) is 4.60. The van der Waals surface area contributed by atoms with Gasteiger partial charge in [-0.1, -0.05) is 6.07 Å². The molecule has 1 aromatic carbocycles. The lowest BCUT2D eigenvalue weighted by Gasteiger charge is -2.26. The second kappa shape index (κ2) is 5.70. The Kier molecular flexibility index (Phi) is 3.35. The van der Waals surface area contributed by atoms with Gasteiger partial charge in [0.15, 0.2) is 5.58 Å². The Hall–Kier alpha value is -2.66. The first-order chi connectivity index (χ1) is 12.3. The average Bonchev–Trinajstić information content (AvgIpc) is 3.13. The molecule has 2 aromatic heterocycles. The van der Waals surface area contributed by atoms with Gasteiger partial charge in [0.25, 0.3) is 0 Å². The molecule has 5 rings (SSSR count). The fraction of sp³-hybridized carbons (Fsp3) is 0.300. The Morgan fingerprint density at radius 2 is 2.00 bits per heavy atom. The molecule has 0 bridgehead atoms. The van der Waals surface area contributed by atoms with Crippen LogP contribution in [0.2, 0.25) is 0 Å². The van der Waals surface area contributed by atoms with E-state index in [1.165, 1.54) is 10.5 Å². The molecule has 1 aliphatic heterocycles. The summed E-state index contributed by atoms with van der Waals surface area (Å²) in [5, 5.41) is 1.08. The monoisotopic (exact) mass is 335 g/mol. The van der Waals surface area contributed by atoms with Crippen molar-refractivity contribution in [1.29, 1.82) is 0 Å². The average molecular weight is 335 g/mol. The fourth-order valence-electron chi connectivity index (χ4n) is 4.04. The summed E-state index contributed by atoms with van der Waals surface area (Å²) in [6.07, 6.45) is 4.63. The van der Waals surface area contributed by atoms with Crippen molar-refractivity contribution < 1.29 is 14.1 Å². The van der Waals surface area contributed by atoms with E-state index in [1.54, 1.807) is 0 Å². The molecule has 1 N–H and O–H groups in total. The highest BCUT2D eigenvalue weighted by Gasteiger charge is 2.27. The van der Waals surface area contributed by atoms with Crippen molar-refractivity contribution in [2.75, 3.05) is 6.73 Å². The van der Waals surface area contributed by atoms with Crippen molar-refractivity contribution in [3.8, 4) is 5.75 Å². The van der Waals surface area contributed by atoms with E-state index in [2.05, 4.69) is 4.98 Å². The summed E-state index contributed by atoms with van der Waals surface area (Å²) < 4.78 is 11.7. The Bertz CT molecular complexity index is 1010. The molecule has 0 saturated heterocycles. The number of quaternary nitrogens is 1. The number of ether oxygens (including phenoxy) is 1. The first kappa shape index (κ1) is 14.7. The van der Waals surface area contributed by atoms with Crippen molar-refractivity contribution in [2.45, 2.75) is 32.4 Å². The van der Waals surface area contributed by atoms with Crippen LogP contribution in [-0.4, -0.2) is 11.7 Å². The van der Waals surface area contributed by atoms with Gasteiger partial charge in [0.05, 0.1) is 11.3 Å². The maximum atomic E-state index is 12.4. The summed E-state index contributed by atoms with van der Waals surface area (Å²) in [6.45, 7) is 2.14. The Morgan fingerprint density at radius 1 is 1.08 bits per heavy atom. The molecule has 5 heteroatoms. The van der Waals surface area contributed by atoms with E-state index in [-0.39, 0.29) is 5.63 Å². The third-order valence-electron chi connectivity index (χ3n) is 5.22. The number of aryl methyl sites for hydroxylation is 1. The van der Waals surface area contributed by atoms with E-state index in [0.29, 0.717) is 12.3 Å². The molecule has 0 fully saturated rings. The topological polar surface area (TPSA) is 56.8 Å². The second-order valence-corrected chi connectivity index (χ2v) is 6.83. The molecule has 0 amide bonds. The number of fused-ring (bicyclic) bond motifs is 5. The normalized spacial score (nSPS) is 18.6. The second-order valence-electron chi connectivity index (χ2n) is 6.83. The lowest BCUT2D eigenvalue weighted by Crippen LogP contribution is -3.11. The van der Waals surface area contributed by atoms with Gasteiger partial charge in [-0.3, -0.25) is 9.88 Å². The van der Waals surface area contributed by atoms with Gasteiger partial charge in [-0.2, -0.15) is 0 Å². The predicted molar refractivity (Wildman–Crippen MR) is 92.6 cm³/mol. The van der Waals surface area contributed by atoms with Crippen LogP contribution >= 0.6 is 0 Å². The molecule has 1 unspecified atom stereocenters. The van der Waals surface area contributed by atoms with Crippen LogP contribution in [0.3, 0.4) is 0 Å². The number of nitrogens with zero attached hydrogens (tertiary/aromatic N) is 1. The highest BCUT2D eigenvalue weighted by molar-refractivity contribution is 5.86. The zero-order chi connectivity index (χ0) is 16.8. The third-order valence-corrected chi connectivity index (χ3v) is 5.22. The van der Waals surface area contributed by atoms with Crippen LogP contribution < -0.4 is 15.3 Å². The molecule has 3 heterocycles. The van der Waals surface area contributed by atoms with E-state index in [1.807, 2.05) is 36.5 Å². The number of nitrogens with one attached hydrogen (secondary N) is 1. The van der Waals surface area contributed by atoms with Crippen LogP contribution in [-0.2, 0) is 25.9 Å². The van der Waals surface area contributed by atoms with Crippen molar-refractivity contribution in [3.05, 3.63) is 69.3 Å². The molecule has 0 spiro atoms. The SMILES string of the molecule is O=c1oc2c3c(ccc2c2c1CCC2)OC[NH+](Cc1ccccn1)C3. The quantitative estimate of drug-likeness (QED) is 0.723. The lowest BCUT2D eigenvalue weighted by atomic mass is 10.0. The molecule has 2 aliphatic rings. The summed E-state index contributed by atoms with van der Waals surface area (Å²) >= 11 is 0. The van der Waals surface area contributed by atoms with Crippen LogP contribution in [0.1, 0.15) is 28.8 Å². The lowest BCUT2D eigenvalue weighted by molar-refractivity contribution is -0.946. The predicted octanol–water partition coefficient (Wildman–Crippen LogP) is 1.61. The highest BCUT2D eigenvalue weighted by Crippen LogP contribution is 2.33. The van der Waals surface area contributed by atoms with E-state index < -0.39 is 0 Å². The molecule has 126 valence electrons. The van der Waals surface area contributed by atoms with Gasteiger partial charge in [0.1, 0.15) is 18.8 Å². The van der Waals surface area contributed by atoms with Crippen molar-refractivity contribution in [1.82, 2.24) is 4.98 Å². The van der Waals surface area contributed by atoms with Crippen molar-refractivity contribution in [3.63, 3.8) is 0 Å². The standard InChI is InChI=1S/C20H18N2O3/c23-20-16-6-3-5-14(16)15-7-8-18-17(19(15)25-20)11-22(12-24-18)10-13-4-1-2-9-21-13/h1-2,4,7-9H,3,5-6,10-12H2/p+1. The Morgan fingerprint density at radius 3 is 2.88 bits per heavy atom. The van der Waals surface area contributed by atoms with Crippen LogP contribution in [0.5, 0.6) is 5.75 Å². The Labute approximate surface area is 144 Å². The van der Waals surface area contributed by atoms with Crippen LogP contribution in [0.25, 0.3) is 11.0 Å². The van der Waals surface area contributed by atoms with Gasteiger partial charge < -0.3 is 9.15 Å². The van der Waals surface area contributed by atoms with E-state index in [9.17, 15) is 4.79 Å². The molecule has 0 radical (unpaired) electrons. The minimum atomic E-state index is -0.176. The zero-order valence-corrected chi connectivity index (χ0v) is 13.9. The molecule has 25 heavy (non-hydrogen) atoms. The molecule has 0 saturated carbocycles. The van der Waals surface area contributed by atoms with Gasteiger partial charge in [-0.05, 0) is 49.1 Å². The number of benzene rings is 1. The maximum absolute atomic E-state index is 12.4. The molecular weight excluding hydrogens is 316 g/mol.